The van der Waals surface area contributed by atoms with E-state index in [4.69, 9.17) is 29.7 Å². The van der Waals surface area contributed by atoms with Crippen LogP contribution in [-0.4, -0.2) is 140 Å². The Morgan fingerprint density at radius 3 is 2.30 bits per heavy atom. The van der Waals surface area contributed by atoms with E-state index in [9.17, 15) is 19.8 Å². The van der Waals surface area contributed by atoms with Crippen molar-refractivity contribution < 1.29 is 38.5 Å². The molecule has 5 N–H and O–H groups in total. The number of aromatic nitrogens is 4. The third-order valence-electron chi connectivity index (χ3n) is 16.6. The van der Waals surface area contributed by atoms with Gasteiger partial charge in [-0.2, -0.15) is 5.26 Å². The van der Waals surface area contributed by atoms with Gasteiger partial charge in [0.15, 0.2) is 11.6 Å². The molecule has 0 radical (unpaired) electrons. The number of nitrogens with zero attached hydrogens (tertiary/aromatic N) is 9. The van der Waals surface area contributed by atoms with Crippen LogP contribution in [0.4, 0.5) is 17.2 Å². The van der Waals surface area contributed by atoms with Gasteiger partial charge < -0.3 is 59.6 Å². The fourth-order valence-corrected chi connectivity index (χ4v) is 12.4. The SMILES string of the molecule is CC(C)C(C(=O)N1C[C@H](O)C[C@H]1C(=O)N[C@@H](C)c1ccc(C#N)cc1)c1cc(OC2CC(CN3CCC(OC4CC(Oc5cc(N6C7CCC6CN(c6cc(-c8ccccc8O)nnc6N)C7)ccn5)C4)CC3)C2)no1. The second kappa shape index (κ2) is 21.9. The maximum Gasteiger partial charge on any atom is 0.254 e. The normalized spacial score (nSPS) is 26.3. The molecule has 5 aromatic rings. The number of nitrogens with one attached hydrogen (secondary N) is 1. The highest BCUT2D eigenvalue weighted by molar-refractivity contribution is 5.91. The van der Waals surface area contributed by atoms with Gasteiger partial charge in [0.05, 0.1) is 47.4 Å². The van der Waals surface area contributed by atoms with Crippen molar-refractivity contribution in [1.29, 1.82) is 5.26 Å². The molecule has 76 heavy (non-hydrogen) atoms. The topological polar surface area (TPSA) is 242 Å². The smallest absolute Gasteiger partial charge is 0.254 e. The highest BCUT2D eigenvalue weighted by Gasteiger charge is 2.45. The summed E-state index contributed by atoms with van der Waals surface area (Å²) in [4.78, 5) is 41.2. The average molecular weight is 1040 g/mol. The zero-order chi connectivity index (χ0) is 52.6. The number of fused-ring (bicyclic) bond motifs is 2. The Balaban J connectivity index is 0.590. The summed E-state index contributed by atoms with van der Waals surface area (Å²) in [6.45, 7) is 10.4. The zero-order valence-corrected chi connectivity index (χ0v) is 43.5. The van der Waals surface area contributed by atoms with Gasteiger partial charge >= 0.3 is 0 Å². The van der Waals surface area contributed by atoms with E-state index in [1.165, 1.54) is 4.90 Å². The maximum absolute atomic E-state index is 14.2. The zero-order valence-electron chi connectivity index (χ0n) is 43.5. The van der Waals surface area contributed by atoms with Crippen molar-refractivity contribution in [3.8, 4) is 34.8 Å². The number of nitriles is 1. The molecule has 6 aliphatic rings. The first kappa shape index (κ1) is 51.1. The molecule has 400 valence electrons. The number of pyridine rings is 1. The molecule has 19 nitrogen and oxygen atoms in total. The number of aliphatic hydroxyl groups is 1. The number of phenolic OH excluding ortho intramolecular Hbond substituents is 1. The molecule has 4 aliphatic heterocycles. The van der Waals surface area contributed by atoms with Gasteiger partial charge in [-0.25, -0.2) is 4.98 Å². The summed E-state index contributed by atoms with van der Waals surface area (Å²) in [5.41, 5.74) is 10.9. The molecule has 3 unspecified atom stereocenters. The van der Waals surface area contributed by atoms with Crippen LogP contribution in [0.1, 0.15) is 107 Å². The van der Waals surface area contributed by atoms with Crippen molar-refractivity contribution in [1.82, 2.24) is 35.5 Å². The number of aliphatic hydroxyl groups excluding tert-OH is 1. The molecule has 7 heterocycles. The number of β-amino-alcohol motifs (C(OH)–C–C–N with tert-alkyl or cyclic N) is 1. The predicted molar refractivity (Wildman–Crippen MR) is 282 cm³/mol. The molecular weight excluding hydrogens is 967 g/mol. The van der Waals surface area contributed by atoms with E-state index in [0.717, 1.165) is 101 Å². The number of rotatable bonds is 17. The van der Waals surface area contributed by atoms with Crippen LogP contribution in [0.25, 0.3) is 11.3 Å². The third-order valence-corrected chi connectivity index (χ3v) is 16.6. The summed E-state index contributed by atoms with van der Waals surface area (Å²) in [5, 5.41) is 46.0. The number of nitrogen functional groups attached to an aromatic ring is 1. The lowest BCUT2D eigenvalue weighted by molar-refractivity contribution is -0.141. The lowest BCUT2D eigenvalue weighted by Crippen LogP contribution is -2.54. The van der Waals surface area contributed by atoms with Crippen LogP contribution in [0.5, 0.6) is 17.5 Å². The minimum absolute atomic E-state index is 0.0123. The van der Waals surface area contributed by atoms with Gasteiger partial charge in [0.2, 0.25) is 17.7 Å². The molecule has 6 fully saturated rings. The second-order valence-electron chi connectivity index (χ2n) is 22.3. The Kier molecular flexibility index (Phi) is 14.7. The van der Waals surface area contributed by atoms with E-state index in [2.05, 4.69) is 58.6 Å². The minimum Gasteiger partial charge on any atom is -0.507 e. The van der Waals surface area contributed by atoms with E-state index in [0.29, 0.717) is 58.2 Å². The molecule has 2 amide bonds. The van der Waals surface area contributed by atoms with Gasteiger partial charge in [-0.3, -0.25) is 9.59 Å². The summed E-state index contributed by atoms with van der Waals surface area (Å²) in [5.74, 6) is 0.899. The number of phenols is 1. The molecule has 19 heteroatoms. The van der Waals surface area contributed by atoms with Gasteiger partial charge in [0.1, 0.15) is 29.9 Å². The minimum atomic E-state index is -0.844. The number of benzene rings is 2. The highest BCUT2D eigenvalue weighted by Crippen LogP contribution is 2.41. The monoisotopic (exact) mass is 1040 g/mol. The molecule has 11 rings (SSSR count). The summed E-state index contributed by atoms with van der Waals surface area (Å²) < 4.78 is 25.0. The number of carbonyl (C=O) groups excluding carboxylic acids is 2. The van der Waals surface area contributed by atoms with E-state index < -0.39 is 18.1 Å². The first-order chi connectivity index (χ1) is 36.8. The average Bonchev–Trinajstić information content (AvgIpc) is 4.11. The van der Waals surface area contributed by atoms with Gasteiger partial charge in [-0.05, 0) is 104 Å². The van der Waals surface area contributed by atoms with E-state index >= 15 is 0 Å². The Labute approximate surface area is 443 Å². The fourth-order valence-electron chi connectivity index (χ4n) is 12.4. The molecule has 4 saturated heterocycles. The quantitative estimate of drug-likeness (QED) is 0.0791. The largest absolute Gasteiger partial charge is 0.507 e. The van der Waals surface area contributed by atoms with Crippen molar-refractivity contribution in [2.75, 3.05) is 54.8 Å². The summed E-state index contributed by atoms with van der Waals surface area (Å²) in [7, 11) is 0. The van der Waals surface area contributed by atoms with Crippen LogP contribution >= 0.6 is 0 Å². The molecule has 0 spiro atoms. The Bertz CT molecular complexity index is 2880. The number of carbonyl (C=O) groups is 2. The molecular formula is C57H69N11O8. The summed E-state index contributed by atoms with van der Waals surface area (Å²) >= 11 is 0. The van der Waals surface area contributed by atoms with Crippen LogP contribution in [0.15, 0.2) is 83.5 Å². The first-order valence-electron chi connectivity index (χ1n) is 27.2. The fraction of sp³-hybridized carbons (Fsp3) is 0.526. The Hall–Kier alpha value is -7.01. The number of nitrogens with two attached hydrogens (primary N) is 1. The van der Waals surface area contributed by atoms with Gasteiger partial charge in [0.25, 0.3) is 5.88 Å². The molecule has 3 aromatic heterocycles. The Morgan fingerprint density at radius 2 is 1.58 bits per heavy atom. The number of anilines is 3. The highest BCUT2D eigenvalue weighted by atomic mass is 16.5. The van der Waals surface area contributed by atoms with Crippen LogP contribution in [0.2, 0.25) is 0 Å². The standard InChI is InChI=1S/C57H69N11O8/c1-33(2)54(57(72)67-32-41(69)23-49(67)56(71)61-34(3)37-10-8-35(28-58)9-11-37)51-27-53(64-76-51)75-43-20-36(21-43)29-65-18-15-42(16-19-65)73-44-24-45(25-44)74-52-22-38(14-17-60-52)68-39-12-13-40(68)31-66(30-39)48-26-47(62-63-55(48)59)46-6-4-5-7-50(46)70/h4-11,14,17,22,26-27,33-34,36,39-45,49,54,69-70H,12-13,15-16,18-21,23-25,29-32H2,1-3H3,(H2,59,63)(H,61,71)/t34-,36?,39?,40?,41+,43?,44?,45?,49-,54?/m0/s1. The van der Waals surface area contributed by atoms with Gasteiger partial charge in [-0.15, -0.1) is 10.2 Å². The van der Waals surface area contributed by atoms with Crippen LogP contribution < -0.4 is 30.3 Å². The van der Waals surface area contributed by atoms with Crippen LogP contribution in [0, 0.1) is 23.2 Å². The van der Waals surface area contributed by atoms with Crippen molar-refractivity contribution in [3.63, 3.8) is 0 Å². The molecule has 6 atom stereocenters. The number of aromatic hydroxyl groups is 1. The summed E-state index contributed by atoms with van der Waals surface area (Å²) in [6, 6.07) is 23.4. The molecule has 2 saturated carbocycles. The molecule has 2 bridgehead atoms. The van der Waals surface area contributed by atoms with E-state index in [1.54, 1.807) is 42.5 Å². The maximum atomic E-state index is 14.2. The number of piperazine rings is 1. The Morgan fingerprint density at radius 1 is 0.855 bits per heavy atom. The van der Waals surface area contributed by atoms with Crippen molar-refractivity contribution in [2.45, 2.75) is 139 Å². The van der Waals surface area contributed by atoms with E-state index in [-0.39, 0.29) is 66.9 Å². The number of hydrogen-bond acceptors (Lipinski definition) is 17. The number of hydrogen-bond donors (Lipinski definition) is 4. The lowest BCUT2D eigenvalue weighted by Gasteiger charge is -2.43. The predicted octanol–water partition coefficient (Wildman–Crippen LogP) is 6.37. The second-order valence-corrected chi connectivity index (χ2v) is 22.3. The lowest BCUT2D eigenvalue weighted by atomic mass is 9.81. The van der Waals surface area contributed by atoms with E-state index in [1.807, 2.05) is 45.2 Å². The molecule has 2 aliphatic carbocycles. The van der Waals surface area contributed by atoms with Crippen LogP contribution in [0.3, 0.4) is 0 Å². The van der Waals surface area contributed by atoms with Crippen molar-refractivity contribution >= 4 is 29.0 Å². The number of para-hydroxylation sites is 1. The number of piperidine rings is 1. The van der Waals surface area contributed by atoms with Crippen LogP contribution in [-0.2, 0) is 14.3 Å². The summed E-state index contributed by atoms with van der Waals surface area (Å²) in [6.07, 6.45) is 9.38. The number of amides is 2. The molecule has 2 aromatic carbocycles. The van der Waals surface area contributed by atoms with Gasteiger partial charge in [-0.1, -0.05) is 38.1 Å². The first-order valence-corrected chi connectivity index (χ1v) is 27.2. The van der Waals surface area contributed by atoms with Crippen molar-refractivity contribution in [3.05, 3.63) is 95.9 Å². The van der Waals surface area contributed by atoms with Gasteiger partial charge in [0, 0.05) is 100 Å². The number of ether oxygens (including phenoxy) is 3. The third kappa shape index (κ3) is 11.0. The van der Waals surface area contributed by atoms with Crippen molar-refractivity contribution in [2.24, 2.45) is 11.8 Å². The number of likely N-dealkylation sites (tertiary alicyclic amines) is 2.